The molecule has 0 radical (unpaired) electrons. The van der Waals surface area contributed by atoms with Crippen molar-refractivity contribution in [2.24, 2.45) is 10.9 Å². The van der Waals surface area contributed by atoms with Crippen LogP contribution in [0.4, 0.5) is 0 Å². The van der Waals surface area contributed by atoms with Gasteiger partial charge in [0.25, 0.3) is 0 Å². The molecule has 0 aliphatic carbocycles. The van der Waals surface area contributed by atoms with Gasteiger partial charge < -0.3 is 24.8 Å². The van der Waals surface area contributed by atoms with E-state index in [-0.39, 0.29) is 0 Å². The standard InChI is InChI=1S/C18H38N4O3/c1-5-19-18(20-6-9-24-13-12-23-4)21-15-17(14-16(2)3)22-7-10-25-11-8-22/h16-17H,5-15H2,1-4H3,(H2,19,20,21). The number of nitrogens with zero attached hydrogens (tertiary/aromatic N) is 2. The predicted octanol–water partition coefficient (Wildman–Crippen LogP) is 0.951. The van der Waals surface area contributed by atoms with Gasteiger partial charge in [-0.25, -0.2) is 0 Å². The van der Waals surface area contributed by atoms with Crippen LogP contribution in [0.25, 0.3) is 0 Å². The first-order valence-electron chi connectivity index (χ1n) is 9.58. The van der Waals surface area contributed by atoms with Crippen LogP contribution in [-0.2, 0) is 14.2 Å². The van der Waals surface area contributed by atoms with E-state index in [1.165, 1.54) is 0 Å². The van der Waals surface area contributed by atoms with Crippen LogP contribution < -0.4 is 10.6 Å². The van der Waals surface area contributed by atoms with Gasteiger partial charge in [-0.2, -0.15) is 0 Å². The van der Waals surface area contributed by atoms with Crippen molar-refractivity contribution in [2.75, 3.05) is 72.9 Å². The minimum Gasteiger partial charge on any atom is -0.382 e. The highest BCUT2D eigenvalue weighted by molar-refractivity contribution is 5.79. The predicted molar refractivity (Wildman–Crippen MR) is 102 cm³/mol. The molecule has 0 saturated carbocycles. The lowest BCUT2D eigenvalue weighted by atomic mass is 10.0. The van der Waals surface area contributed by atoms with Gasteiger partial charge >= 0.3 is 0 Å². The summed E-state index contributed by atoms with van der Waals surface area (Å²) in [6.45, 7) is 14.6. The second kappa shape index (κ2) is 14.3. The molecule has 1 heterocycles. The number of guanidine groups is 1. The summed E-state index contributed by atoms with van der Waals surface area (Å²) in [5, 5.41) is 6.65. The summed E-state index contributed by atoms with van der Waals surface area (Å²) in [5.74, 6) is 1.52. The molecule has 1 rings (SSSR count). The van der Waals surface area contributed by atoms with Gasteiger partial charge in [0.1, 0.15) is 0 Å². The molecular weight excluding hydrogens is 320 g/mol. The molecule has 25 heavy (non-hydrogen) atoms. The summed E-state index contributed by atoms with van der Waals surface area (Å²) in [5.41, 5.74) is 0. The van der Waals surface area contributed by atoms with Gasteiger partial charge in [-0.15, -0.1) is 0 Å². The number of aliphatic imine (C=N–C) groups is 1. The fourth-order valence-corrected chi connectivity index (χ4v) is 2.85. The molecule has 1 aliphatic rings. The third-order valence-electron chi connectivity index (χ3n) is 4.08. The highest BCUT2D eigenvalue weighted by Crippen LogP contribution is 2.14. The zero-order chi connectivity index (χ0) is 18.3. The Morgan fingerprint density at radius 2 is 1.92 bits per heavy atom. The quantitative estimate of drug-likeness (QED) is 0.308. The van der Waals surface area contributed by atoms with Crippen LogP contribution >= 0.6 is 0 Å². The van der Waals surface area contributed by atoms with E-state index in [4.69, 9.17) is 19.2 Å². The molecule has 1 unspecified atom stereocenters. The third kappa shape index (κ3) is 10.6. The number of hydrogen-bond acceptors (Lipinski definition) is 5. The summed E-state index contributed by atoms with van der Waals surface area (Å²) >= 11 is 0. The zero-order valence-electron chi connectivity index (χ0n) is 16.6. The van der Waals surface area contributed by atoms with Crippen molar-refractivity contribution >= 4 is 5.96 Å². The average Bonchev–Trinajstić information content (AvgIpc) is 2.61. The van der Waals surface area contributed by atoms with Gasteiger partial charge in [-0.3, -0.25) is 9.89 Å². The minimum absolute atomic E-state index is 0.470. The van der Waals surface area contributed by atoms with Gasteiger partial charge in [-0.1, -0.05) is 13.8 Å². The van der Waals surface area contributed by atoms with Crippen molar-refractivity contribution in [2.45, 2.75) is 33.2 Å². The van der Waals surface area contributed by atoms with Crippen LogP contribution in [-0.4, -0.2) is 89.8 Å². The zero-order valence-corrected chi connectivity index (χ0v) is 16.6. The molecule has 0 bridgehead atoms. The van der Waals surface area contributed by atoms with Crippen molar-refractivity contribution < 1.29 is 14.2 Å². The van der Waals surface area contributed by atoms with Crippen LogP contribution in [0, 0.1) is 5.92 Å². The SMILES string of the molecule is CCNC(=NCC(CC(C)C)N1CCOCC1)NCCOCCOC. The third-order valence-corrected chi connectivity index (χ3v) is 4.08. The monoisotopic (exact) mass is 358 g/mol. The Kier molecular flexibility index (Phi) is 12.7. The molecule has 0 spiro atoms. The van der Waals surface area contributed by atoms with Crippen molar-refractivity contribution in [3.05, 3.63) is 0 Å². The van der Waals surface area contributed by atoms with E-state index >= 15 is 0 Å². The summed E-state index contributed by atoms with van der Waals surface area (Å²) in [7, 11) is 1.68. The summed E-state index contributed by atoms with van der Waals surface area (Å²) in [4.78, 5) is 7.33. The first-order chi connectivity index (χ1) is 12.2. The molecule has 148 valence electrons. The van der Waals surface area contributed by atoms with Crippen LogP contribution in [0.3, 0.4) is 0 Å². The van der Waals surface area contributed by atoms with E-state index in [2.05, 4.69) is 36.3 Å². The fraction of sp³-hybridized carbons (Fsp3) is 0.944. The Morgan fingerprint density at radius 3 is 2.56 bits per heavy atom. The lowest BCUT2D eigenvalue weighted by Crippen LogP contribution is -2.46. The molecule has 2 N–H and O–H groups in total. The highest BCUT2D eigenvalue weighted by atomic mass is 16.5. The molecule has 1 atom stereocenters. The first kappa shape index (κ1) is 22.2. The maximum atomic E-state index is 5.49. The van der Waals surface area contributed by atoms with Crippen LogP contribution in [0.1, 0.15) is 27.2 Å². The molecule has 0 amide bonds. The summed E-state index contributed by atoms with van der Waals surface area (Å²) in [6, 6.07) is 0.470. The van der Waals surface area contributed by atoms with Crippen molar-refractivity contribution in [1.82, 2.24) is 15.5 Å². The Balaban J connectivity index is 2.46. The summed E-state index contributed by atoms with van der Waals surface area (Å²) in [6.07, 6.45) is 1.16. The first-order valence-corrected chi connectivity index (χ1v) is 9.58. The maximum Gasteiger partial charge on any atom is 0.191 e. The number of methoxy groups -OCH3 is 1. The number of rotatable bonds is 12. The van der Waals surface area contributed by atoms with Crippen LogP contribution in [0.2, 0.25) is 0 Å². The smallest absolute Gasteiger partial charge is 0.191 e. The normalized spacial score (nSPS) is 17.7. The number of ether oxygens (including phenoxy) is 3. The average molecular weight is 359 g/mol. The molecule has 1 aliphatic heterocycles. The lowest BCUT2D eigenvalue weighted by Gasteiger charge is -2.34. The largest absolute Gasteiger partial charge is 0.382 e. The Bertz CT molecular complexity index is 347. The van der Waals surface area contributed by atoms with Gasteiger partial charge in [-0.05, 0) is 19.3 Å². The Hall–Kier alpha value is -0.890. The van der Waals surface area contributed by atoms with Crippen molar-refractivity contribution in [3.8, 4) is 0 Å². The van der Waals surface area contributed by atoms with E-state index in [1.54, 1.807) is 7.11 Å². The van der Waals surface area contributed by atoms with Gasteiger partial charge in [0.15, 0.2) is 5.96 Å². The molecule has 7 nitrogen and oxygen atoms in total. The Labute approximate surface area is 153 Å². The number of hydrogen-bond donors (Lipinski definition) is 2. The van der Waals surface area contributed by atoms with E-state index < -0.39 is 0 Å². The van der Waals surface area contributed by atoms with Gasteiger partial charge in [0.05, 0.1) is 39.6 Å². The van der Waals surface area contributed by atoms with E-state index in [1.807, 2.05) is 0 Å². The maximum absolute atomic E-state index is 5.49. The van der Waals surface area contributed by atoms with Gasteiger partial charge in [0, 0.05) is 39.3 Å². The molecule has 7 heteroatoms. The number of morpholine rings is 1. The second-order valence-electron chi connectivity index (χ2n) is 6.68. The van der Waals surface area contributed by atoms with Crippen LogP contribution in [0.15, 0.2) is 4.99 Å². The van der Waals surface area contributed by atoms with Crippen molar-refractivity contribution in [1.29, 1.82) is 0 Å². The number of nitrogens with one attached hydrogen (secondary N) is 2. The fourth-order valence-electron chi connectivity index (χ4n) is 2.85. The molecular formula is C18H38N4O3. The van der Waals surface area contributed by atoms with Crippen LogP contribution in [0.5, 0.6) is 0 Å². The summed E-state index contributed by atoms with van der Waals surface area (Å²) < 4.78 is 15.9. The molecule has 0 aromatic rings. The topological polar surface area (TPSA) is 67.4 Å². The lowest BCUT2D eigenvalue weighted by molar-refractivity contribution is 0.0143. The van der Waals surface area contributed by atoms with E-state index in [0.29, 0.717) is 31.8 Å². The molecule has 0 aromatic heterocycles. The highest BCUT2D eigenvalue weighted by Gasteiger charge is 2.21. The van der Waals surface area contributed by atoms with E-state index in [0.717, 1.165) is 58.3 Å². The molecule has 1 fully saturated rings. The van der Waals surface area contributed by atoms with Crippen molar-refractivity contribution in [3.63, 3.8) is 0 Å². The Morgan fingerprint density at radius 1 is 1.16 bits per heavy atom. The molecule has 1 saturated heterocycles. The second-order valence-corrected chi connectivity index (χ2v) is 6.68. The van der Waals surface area contributed by atoms with E-state index in [9.17, 15) is 0 Å². The van der Waals surface area contributed by atoms with Gasteiger partial charge in [0.2, 0.25) is 0 Å². The molecule has 0 aromatic carbocycles. The minimum atomic E-state index is 0.470.